The molecule has 1 unspecified atom stereocenters. The van der Waals surface area contributed by atoms with E-state index in [1.807, 2.05) is 20.8 Å². The van der Waals surface area contributed by atoms with Gasteiger partial charge in [0.25, 0.3) is 0 Å². The van der Waals surface area contributed by atoms with Gasteiger partial charge in [-0.25, -0.2) is 9.78 Å². The average molecular weight is 252 g/mol. The Kier molecular flexibility index (Phi) is 3.59. The lowest BCUT2D eigenvalue weighted by Crippen LogP contribution is -2.42. The standard InChI is InChI=1S/C13H20N2O3/c1-13(2,3)18-12(16)15-6-4-5-10(8-15)11-7-14-9-17-11/h7,9-10H,4-6,8H2,1-3H3. The van der Waals surface area contributed by atoms with Gasteiger partial charge in [-0.3, -0.25) is 0 Å². The van der Waals surface area contributed by atoms with Crippen LogP contribution in [0, 0.1) is 0 Å². The maximum atomic E-state index is 12.0. The van der Waals surface area contributed by atoms with Crippen molar-refractivity contribution in [3.8, 4) is 0 Å². The van der Waals surface area contributed by atoms with E-state index in [9.17, 15) is 4.79 Å². The molecule has 0 aliphatic carbocycles. The first-order valence-electron chi connectivity index (χ1n) is 6.32. The molecule has 0 saturated carbocycles. The van der Waals surface area contributed by atoms with Gasteiger partial charge in [-0.05, 0) is 33.6 Å². The number of oxazole rings is 1. The van der Waals surface area contributed by atoms with Gasteiger partial charge in [0.05, 0.1) is 6.20 Å². The molecule has 1 aromatic rings. The molecule has 1 fully saturated rings. The summed E-state index contributed by atoms with van der Waals surface area (Å²) in [6.07, 6.45) is 4.90. The fourth-order valence-corrected chi connectivity index (χ4v) is 2.13. The molecule has 0 spiro atoms. The SMILES string of the molecule is CC(C)(C)OC(=O)N1CCCC(c2cnco2)C1. The number of nitrogens with zero attached hydrogens (tertiary/aromatic N) is 2. The van der Waals surface area contributed by atoms with Crippen LogP contribution in [0.3, 0.4) is 0 Å². The van der Waals surface area contributed by atoms with Crippen molar-refractivity contribution < 1.29 is 13.9 Å². The zero-order valence-electron chi connectivity index (χ0n) is 11.2. The van der Waals surface area contributed by atoms with Crippen molar-refractivity contribution in [3.05, 3.63) is 18.4 Å². The minimum absolute atomic E-state index is 0.230. The lowest BCUT2D eigenvalue weighted by molar-refractivity contribution is 0.0192. The summed E-state index contributed by atoms with van der Waals surface area (Å²) in [5, 5.41) is 0. The third-order valence-corrected chi connectivity index (χ3v) is 2.93. The number of likely N-dealkylation sites (tertiary alicyclic amines) is 1. The normalized spacial score (nSPS) is 20.8. The highest BCUT2D eigenvalue weighted by Gasteiger charge is 2.29. The van der Waals surface area contributed by atoms with Crippen molar-refractivity contribution in [2.75, 3.05) is 13.1 Å². The summed E-state index contributed by atoms with van der Waals surface area (Å²) >= 11 is 0. The molecule has 1 aliphatic rings. The van der Waals surface area contributed by atoms with Crippen LogP contribution in [0.25, 0.3) is 0 Å². The molecule has 5 heteroatoms. The van der Waals surface area contributed by atoms with Gasteiger partial charge in [0, 0.05) is 19.0 Å². The van der Waals surface area contributed by atoms with Gasteiger partial charge in [-0.15, -0.1) is 0 Å². The van der Waals surface area contributed by atoms with Crippen molar-refractivity contribution in [2.45, 2.75) is 45.1 Å². The maximum absolute atomic E-state index is 12.0. The molecule has 0 bridgehead atoms. The number of amides is 1. The molecule has 0 N–H and O–H groups in total. The molecule has 18 heavy (non-hydrogen) atoms. The smallest absolute Gasteiger partial charge is 0.410 e. The highest BCUT2D eigenvalue weighted by molar-refractivity contribution is 5.68. The quantitative estimate of drug-likeness (QED) is 0.771. The van der Waals surface area contributed by atoms with Crippen molar-refractivity contribution in [1.82, 2.24) is 9.88 Å². The number of rotatable bonds is 1. The molecule has 1 amide bonds. The summed E-state index contributed by atoms with van der Waals surface area (Å²) in [7, 11) is 0. The lowest BCUT2D eigenvalue weighted by Gasteiger charge is -2.33. The van der Waals surface area contributed by atoms with Gasteiger partial charge in [-0.1, -0.05) is 0 Å². The van der Waals surface area contributed by atoms with E-state index in [-0.39, 0.29) is 12.0 Å². The van der Waals surface area contributed by atoms with Gasteiger partial charge in [-0.2, -0.15) is 0 Å². The summed E-state index contributed by atoms with van der Waals surface area (Å²) < 4.78 is 10.7. The van der Waals surface area contributed by atoms with E-state index in [4.69, 9.17) is 9.15 Å². The second kappa shape index (κ2) is 5.00. The van der Waals surface area contributed by atoms with Crippen molar-refractivity contribution in [1.29, 1.82) is 0 Å². The van der Waals surface area contributed by atoms with Crippen LogP contribution in [-0.4, -0.2) is 34.7 Å². The topological polar surface area (TPSA) is 55.6 Å². The predicted octanol–water partition coefficient (Wildman–Crippen LogP) is 2.79. The Balaban J connectivity index is 1.96. The van der Waals surface area contributed by atoms with E-state index in [0.29, 0.717) is 6.54 Å². The number of piperidine rings is 1. The second-order valence-electron chi connectivity index (χ2n) is 5.67. The third-order valence-electron chi connectivity index (χ3n) is 2.93. The van der Waals surface area contributed by atoms with E-state index in [1.54, 1.807) is 11.1 Å². The molecule has 1 aliphatic heterocycles. The molecular weight excluding hydrogens is 232 g/mol. The monoisotopic (exact) mass is 252 g/mol. The van der Waals surface area contributed by atoms with Gasteiger partial charge < -0.3 is 14.1 Å². The maximum Gasteiger partial charge on any atom is 0.410 e. The molecule has 1 saturated heterocycles. The summed E-state index contributed by atoms with van der Waals surface area (Å²) in [6.45, 7) is 7.03. The van der Waals surface area contributed by atoms with Gasteiger partial charge in [0.2, 0.25) is 0 Å². The van der Waals surface area contributed by atoms with Crippen molar-refractivity contribution in [2.24, 2.45) is 0 Å². The van der Waals surface area contributed by atoms with E-state index in [2.05, 4.69) is 4.98 Å². The zero-order chi connectivity index (χ0) is 13.2. The van der Waals surface area contributed by atoms with Crippen LogP contribution < -0.4 is 0 Å². The van der Waals surface area contributed by atoms with Gasteiger partial charge in [0.1, 0.15) is 11.4 Å². The van der Waals surface area contributed by atoms with Crippen LogP contribution in [-0.2, 0) is 4.74 Å². The minimum Gasteiger partial charge on any atom is -0.448 e. The number of carbonyl (C=O) groups excluding carboxylic acids is 1. The molecule has 1 atom stereocenters. The predicted molar refractivity (Wildman–Crippen MR) is 66.3 cm³/mol. The van der Waals surface area contributed by atoms with E-state index in [0.717, 1.165) is 25.1 Å². The third kappa shape index (κ3) is 3.24. The highest BCUT2D eigenvalue weighted by Crippen LogP contribution is 2.27. The van der Waals surface area contributed by atoms with Gasteiger partial charge in [0.15, 0.2) is 6.39 Å². The van der Waals surface area contributed by atoms with Crippen LogP contribution in [0.1, 0.15) is 45.3 Å². The largest absolute Gasteiger partial charge is 0.448 e. The van der Waals surface area contributed by atoms with Crippen LogP contribution in [0.2, 0.25) is 0 Å². The Labute approximate surface area is 107 Å². The summed E-state index contributed by atoms with van der Waals surface area (Å²) in [4.78, 5) is 17.7. The Morgan fingerprint density at radius 1 is 1.56 bits per heavy atom. The first kappa shape index (κ1) is 12.9. The lowest BCUT2D eigenvalue weighted by atomic mass is 9.96. The minimum atomic E-state index is -0.448. The highest BCUT2D eigenvalue weighted by atomic mass is 16.6. The van der Waals surface area contributed by atoms with Gasteiger partial charge >= 0.3 is 6.09 Å². The molecule has 5 nitrogen and oxygen atoms in total. The van der Waals surface area contributed by atoms with Crippen LogP contribution >= 0.6 is 0 Å². The Hall–Kier alpha value is -1.52. The Morgan fingerprint density at radius 2 is 2.33 bits per heavy atom. The van der Waals surface area contributed by atoms with E-state index >= 15 is 0 Å². The first-order chi connectivity index (χ1) is 8.46. The Bertz CT molecular complexity index is 395. The van der Waals surface area contributed by atoms with Crippen LogP contribution in [0.5, 0.6) is 0 Å². The molecule has 1 aromatic heterocycles. The van der Waals surface area contributed by atoms with E-state index < -0.39 is 5.60 Å². The number of carbonyl (C=O) groups is 1. The Morgan fingerprint density at radius 3 is 2.94 bits per heavy atom. The van der Waals surface area contributed by atoms with Crippen LogP contribution in [0.15, 0.2) is 17.0 Å². The summed E-state index contributed by atoms with van der Waals surface area (Å²) in [6, 6.07) is 0. The van der Waals surface area contributed by atoms with Crippen molar-refractivity contribution >= 4 is 6.09 Å². The number of hydrogen-bond donors (Lipinski definition) is 0. The molecule has 0 radical (unpaired) electrons. The molecule has 2 heterocycles. The van der Waals surface area contributed by atoms with Crippen molar-refractivity contribution in [3.63, 3.8) is 0 Å². The van der Waals surface area contributed by atoms with E-state index in [1.165, 1.54) is 6.39 Å². The number of hydrogen-bond acceptors (Lipinski definition) is 4. The molecule has 100 valence electrons. The average Bonchev–Trinajstić information content (AvgIpc) is 2.80. The fraction of sp³-hybridized carbons (Fsp3) is 0.692. The molecule has 0 aromatic carbocycles. The number of aromatic nitrogens is 1. The fourth-order valence-electron chi connectivity index (χ4n) is 2.13. The second-order valence-corrected chi connectivity index (χ2v) is 5.67. The molecule has 2 rings (SSSR count). The van der Waals surface area contributed by atoms with Crippen LogP contribution in [0.4, 0.5) is 4.79 Å². The molecular formula is C13H20N2O3. The zero-order valence-corrected chi connectivity index (χ0v) is 11.2. The summed E-state index contributed by atoms with van der Waals surface area (Å²) in [5.41, 5.74) is -0.448. The summed E-state index contributed by atoms with van der Waals surface area (Å²) in [5.74, 6) is 1.08. The first-order valence-corrected chi connectivity index (χ1v) is 6.32. The number of ether oxygens (including phenoxy) is 1.